The third-order valence-electron chi connectivity index (χ3n) is 3.43. The maximum atomic E-state index is 12.6. The van der Waals surface area contributed by atoms with Crippen molar-refractivity contribution in [1.82, 2.24) is 0 Å². The average Bonchev–Trinajstić information content (AvgIpc) is 2.60. The Hall–Kier alpha value is -2.34. The molecule has 0 spiro atoms. The van der Waals surface area contributed by atoms with Crippen LogP contribution in [0.25, 0.3) is 0 Å². The number of ether oxygens (including phenoxy) is 1. The Bertz CT molecular complexity index is 743. The van der Waals surface area contributed by atoms with E-state index in [4.69, 9.17) is 22.1 Å². The quantitative estimate of drug-likeness (QED) is 0.516. The molecule has 0 heterocycles. The molecule has 0 saturated carbocycles. The Balaban J connectivity index is 2.24. The second kappa shape index (κ2) is 9.22. The fourth-order valence-corrected chi connectivity index (χ4v) is 2.27. The van der Waals surface area contributed by atoms with Crippen molar-refractivity contribution in [1.29, 1.82) is 0 Å². The van der Waals surface area contributed by atoms with Crippen LogP contribution in [-0.4, -0.2) is 17.6 Å². The Morgan fingerprint density at radius 2 is 2.00 bits per heavy atom. The first-order valence-corrected chi connectivity index (χ1v) is 8.31. The van der Waals surface area contributed by atoms with Crippen molar-refractivity contribution < 1.29 is 14.6 Å². The molecule has 0 aromatic heterocycles. The van der Waals surface area contributed by atoms with Gasteiger partial charge >= 0.3 is 0 Å². The van der Waals surface area contributed by atoms with Gasteiger partial charge < -0.3 is 20.9 Å². The number of nitrogens with one attached hydrogen (secondary N) is 1. The van der Waals surface area contributed by atoms with E-state index >= 15 is 0 Å². The molecule has 0 fully saturated rings. The highest BCUT2D eigenvalue weighted by molar-refractivity contribution is 6.30. The smallest absolute Gasteiger partial charge is 0.259 e. The number of rotatable bonds is 7. The summed E-state index contributed by atoms with van der Waals surface area (Å²) in [7, 11) is 0. The number of halogens is 1. The minimum Gasteiger partial charge on any atom is -0.489 e. The molecule has 1 unspecified atom stereocenters. The van der Waals surface area contributed by atoms with Crippen LogP contribution in [0.1, 0.15) is 35.5 Å². The van der Waals surface area contributed by atoms with E-state index in [1.165, 1.54) is 6.07 Å². The molecule has 0 saturated heterocycles. The second-order valence-corrected chi connectivity index (χ2v) is 5.79. The van der Waals surface area contributed by atoms with Crippen LogP contribution in [0.4, 0.5) is 5.69 Å². The van der Waals surface area contributed by atoms with Gasteiger partial charge in [-0.05, 0) is 48.4 Å². The molecule has 0 bridgehead atoms. The Morgan fingerprint density at radius 1 is 1.28 bits per heavy atom. The Kier molecular flexibility index (Phi) is 7.01. The second-order valence-electron chi connectivity index (χ2n) is 5.35. The summed E-state index contributed by atoms with van der Waals surface area (Å²) in [5.74, 6) is 0.0518. The highest BCUT2D eigenvalue weighted by atomic mass is 35.5. The lowest BCUT2D eigenvalue weighted by Crippen LogP contribution is -2.16. The molecule has 25 heavy (non-hydrogen) atoms. The number of benzene rings is 2. The third kappa shape index (κ3) is 5.60. The number of aliphatic hydroxyl groups excluding tert-OH is 1. The van der Waals surface area contributed by atoms with Gasteiger partial charge in [-0.25, -0.2) is 0 Å². The number of allylic oxidation sites excluding steroid dienone is 1. The van der Waals surface area contributed by atoms with Crippen molar-refractivity contribution in [2.75, 3.05) is 11.9 Å². The van der Waals surface area contributed by atoms with Gasteiger partial charge in [-0.3, -0.25) is 4.79 Å². The van der Waals surface area contributed by atoms with Crippen LogP contribution in [0.5, 0.6) is 5.75 Å². The molecule has 1 atom stereocenters. The van der Waals surface area contributed by atoms with E-state index in [-0.39, 0.29) is 5.91 Å². The number of amides is 1. The lowest BCUT2D eigenvalue weighted by molar-refractivity contribution is 0.102. The van der Waals surface area contributed by atoms with Crippen LogP contribution >= 0.6 is 11.6 Å². The van der Waals surface area contributed by atoms with Gasteiger partial charge in [0.15, 0.2) is 0 Å². The van der Waals surface area contributed by atoms with Crippen LogP contribution in [0.3, 0.4) is 0 Å². The molecule has 2 aromatic carbocycles. The molecule has 0 aliphatic carbocycles. The van der Waals surface area contributed by atoms with E-state index in [2.05, 4.69) is 5.32 Å². The van der Waals surface area contributed by atoms with Crippen molar-refractivity contribution in [2.45, 2.75) is 19.6 Å². The lowest BCUT2D eigenvalue weighted by atomic mass is 10.1. The number of anilines is 1. The van der Waals surface area contributed by atoms with E-state index in [0.29, 0.717) is 34.2 Å². The van der Waals surface area contributed by atoms with E-state index in [0.717, 1.165) is 6.42 Å². The van der Waals surface area contributed by atoms with Gasteiger partial charge in [-0.1, -0.05) is 36.7 Å². The summed E-state index contributed by atoms with van der Waals surface area (Å²) in [5, 5.41) is 12.9. The van der Waals surface area contributed by atoms with Crippen molar-refractivity contribution in [3.05, 3.63) is 70.8 Å². The largest absolute Gasteiger partial charge is 0.489 e. The number of hydrogen-bond donors (Lipinski definition) is 3. The number of carbonyl (C=O) groups excluding carboxylic acids is 1. The predicted octanol–water partition coefficient (Wildman–Crippen LogP) is 3.89. The molecular formula is C19H21ClN2O3. The van der Waals surface area contributed by atoms with Crippen LogP contribution < -0.4 is 15.8 Å². The molecule has 2 aromatic rings. The topological polar surface area (TPSA) is 84.6 Å². The lowest BCUT2D eigenvalue weighted by Gasteiger charge is -2.14. The molecule has 2 rings (SSSR count). The zero-order valence-electron chi connectivity index (χ0n) is 13.9. The van der Waals surface area contributed by atoms with Gasteiger partial charge in [0.05, 0.1) is 5.56 Å². The summed E-state index contributed by atoms with van der Waals surface area (Å²) in [6.45, 7) is 2.37. The van der Waals surface area contributed by atoms with Gasteiger partial charge in [0, 0.05) is 10.7 Å². The molecule has 5 nitrogen and oxygen atoms in total. The van der Waals surface area contributed by atoms with Gasteiger partial charge in [0.1, 0.15) is 18.6 Å². The first-order valence-electron chi connectivity index (χ1n) is 7.93. The minimum atomic E-state index is -1.17. The van der Waals surface area contributed by atoms with Gasteiger partial charge in [0.2, 0.25) is 0 Å². The van der Waals surface area contributed by atoms with Gasteiger partial charge in [0.25, 0.3) is 5.91 Å². The van der Waals surface area contributed by atoms with Gasteiger partial charge in [-0.15, -0.1) is 0 Å². The van der Waals surface area contributed by atoms with Gasteiger partial charge in [-0.2, -0.15) is 0 Å². The zero-order chi connectivity index (χ0) is 18.2. The number of carbonyl (C=O) groups is 1. The molecule has 1 amide bonds. The van der Waals surface area contributed by atoms with E-state index < -0.39 is 6.23 Å². The molecular weight excluding hydrogens is 340 g/mol. The Labute approximate surface area is 152 Å². The molecule has 4 N–H and O–H groups in total. The van der Waals surface area contributed by atoms with Crippen molar-refractivity contribution in [2.24, 2.45) is 5.73 Å². The summed E-state index contributed by atoms with van der Waals surface area (Å²) in [6.07, 6.45) is 3.60. The fourth-order valence-electron chi connectivity index (χ4n) is 2.14. The maximum absolute atomic E-state index is 12.6. The summed E-state index contributed by atoms with van der Waals surface area (Å²) in [5.41, 5.74) is 6.82. The molecule has 132 valence electrons. The first kappa shape index (κ1) is 19.0. The molecule has 0 aliphatic rings. The van der Waals surface area contributed by atoms with Crippen LogP contribution in [0.2, 0.25) is 5.02 Å². The standard InChI is InChI=1S/C19H21ClN2O3/c1-2-3-4-11-25-17-10-5-13(18(21)23)12-16(17)19(24)22-15-8-6-14(20)7-9-15/h3-10,12,18,23H,2,11,21H2,1H3,(H,22,24). The zero-order valence-corrected chi connectivity index (χ0v) is 14.7. The predicted molar refractivity (Wildman–Crippen MR) is 99.9 cm³/mol. The normalized spacial score (nSPS) is 12.2. The highest BCUT2D eigenvalue weighted by Gasteiger charge is 2.15. The first-order chi connectivity index (χ1) is 12.0. The average molecular weight is 361 g/mol. The van der Waals surface area contributed by atoms with Crippen molar-refractivity contribution in [3.8, 4) is 5.75 Å². The fraction of sp³-hybridized carbons (Fsp3) is 0.211. The molecule has 0 aliphatic heterocycles. The highest BCUT2D eigenvalue weighted by Crippen LogP contribution is 2.24. The van der Waals surface area contributed by atoms with E-state index in [1.54, 1.807) is 36.4 Å². The molecule has 6 heteroatoms. The summed E-state index contributed by atoms with van der Waals surface area (Å²) in [4.78, 5) is 12.6. The monoisotopic (exact) mass is 360 g/mol. The number of aliphatic hydroxyl groups is 1. The van der Waals surface area contributed by atoms with Crippen LogP contribution in [0.15, 0.2) is 54.6 Å². The van der Waals surface area contributed by atoms with Crippen LogP contribution in [0, 0.1) is 0 Å². The SMILES string of the molecule is CCC=CCOc1ccc(C(N)O)cc1C(=O)Nc1ccc(Cl)cc1. The number of nitrogens with two attached hydrogens (primary N) is 1. The minimum absolute atomic E-state index is 0.293. The van der Waals surface area contributed by atoms with Crippen molar-refractivity contribution in [3.63, 3.8) is 0 Å². The summed E-state index contributed by atoms with van der Waals surface area (Å²) < 4.78 is 5.66. The summed E-state index contributed by atoms with van der Waals surface area (Å²) >= 11 is 5.85. The molecule has 0 radical (unpaired) electrons. The summed E-state index contributed by atoms with van der Waals surface area (Å²) in [6, 6.07) is 11.5. The van der Waals surface area contributed by atoms with Crippen LogP contribution in [-0.2, 0) is 0 Å². The Morgan fingerprint density at radius 3 is 2.64 bits per heavy atom. The third-order valence-corrected chi connectivity index (χ3v) is 3.68. The number of hydrogen-bond acceptors (Lipinski definition) is 4. The van der Waals surface area contributed by atoms with Crippen molar-refractivity contribution >= 4 is 23.2 Å². The maximum Gasteiger partial charge on any atom is 0.259 e. The van der Waals surface area contributed by atoms with E-state index in [1.807, 2.05) is 19.1 Å². The van der Waals surface area contributed by atoms with E-state index in [9.17, 15) is 9.90 Å².